The van der Waals surface area contributed by atoms with Gasteiger partial charge in [-0.1, -0.05) is 29.8 Å². The van der Waals surface area contributed by atoms with E-state index in [1.807, 2.05) is 24.0 Å². The maximum Gasteiger partial charge on any atom is 0.228 e. The van der Waals surface area contributed by atoms with Gasteiger partial charge >= 0.3 is 0 Å². The van der Waals surface area contributed by atoms with Gasteiger partial charge in [-0.05, 0) is 55.2 Å². The molecule has 178 valence electrons. The van der Waals surface area contributed by atoms with Crippen LogP contribution in [0.4, 0.5) is 5.69 Å². The van der Waals surface area contributed by atoms with Gasteiger partial charge in [0.25, 0.3) is 0 Å². The van der Waals surface area contributed by atoms with Gasteiger partial charge < -0.3 is 9.64 Å². The van der Waals surface area contributed by atoms with Crippen LogP contribution in [0.1, 0.15) is 40.4 Å². The number of hydrogen-bond acceptors (Lipinski definition) is 4. The maximum absolute atomic E-state index is 12.9. The molecule has 4 rings (SSSR count). The van der Waals surface area contributed by atoms with Gasteiger partial charge in [0.1, 0.15) is 0 Å². The zero-order valence-electron chi connectivity index (χ0n) is 19.7. The summed E-state index contributed by atoms with van der Waals surface area (Å²) in [6.07, 6.45) is 1.06. The lowest BCUT2D eigenvalue weighted by Gasteiger charge is -2.41. The Bertz CT molecular complexity index is 1120. The van der Waals surface area contributed by atoms with E-state index in [4.69, 9.17) is 22.9 Å². The van der Waals surface area contributed by atoms with Crippen molar-refractivity contribution in [3.8, 4) is 0 Å². The van der Waals surface area contributed by atoms with Crippen LogP contribution in [0, 0.1) is 19.4 Å². The lowest BCUT2D eigenvalue weighted by molar-refractivity contribution is -0.140. The van der Waals surface area contributed by atoms with Crippen molar-refractivity contribution in [2.24, 2.45) is 5.92 Å². The normalized spacial score (nSPS) is 20.8. The third-order valence-corrected chi connectivity index (χ3v) is 7.12. The monoisotopic (exact) mass is 479 g/mol. The average Bonchev–Trinajstić information content (AvgIpc) is 3.37. The molecular weight excluding hydrogens is 450 g/mol. The number of benzene rings is 2. The lowest BCUT2D eigenvalue weighted by Crippen LogP contribution is -2.55. The Morgan fingerprint density at radius 2 is 2.00 bits per heavy atom. The number of ether oxygens (including phenoxy) is 1. The molecule has 7 heteroatoms. The SMILES string of the molecule is [C-]#[N+]c1cccc(C(=O)Cc2cc(Cl)cc(CN3CCN(C(=O)C4CCOC4)[C@@H](C)C3)c2C)c1. The molecule has 2 aliphatic heterocycles. The highest BCUT2D eigenvalue weighted by atomic mass is 35.5. The van der Waals surface area contributed by atoms with Crippen LogP contribution in [0.2, 0.25) is 5.02 Å². The number of hydrogen-bond donors (Lipinski definition) is 0. The lowest BCUT2D eigenvalue weighted by atomic mass is 9.95. The molecule has 2 aromatic carbocycles. The number of halogens is 1. The summed E-state index contributed by atoms with van der Waals surface area (Å²) in [4.78, 5) is 33.5. The summed E-state index contributed by atoms with van der Waals surface area (Å²) in [6.45, 7) is 15.5. The van der Waals surface area contributed by atoms with Crippen molar-refractivity contribution in [3.05, 3.63) is 75.1 Å². The van der Waals surface area contributed by atoms with Gasteiger partial charge in [-0.25, -0.2) is 4.85 Å². The molecule has 2 fully saturated rings. The number of amides is 1. The van der Waals surface area contributed by atoms with Gasteiger partial charge in [-0.3, -0.25) is 14.5 Å². The van der Waals surface area contributed by atoms with E-state index in [1.165, 1.54) is 0 Å². The molecule has 0 N–H and O–H groups in total. The molecule has 0 aromatic heterocycles. The van der Waals surface area contributed by atoms with Crippen LogP contribution in [0.5, 0.6) is 0 Å². The van der Waals surface area contributed by atoms with Gasteiger partial charge in [-0.15, -0.1) is 0 Å². The molecular formula is C27H30ClN3O3. The molecule has 1 unspecified atom stereocenters. The van der Waals surface area contributed by atoms with Crippen LogP contribution in [-0.2, 0) is 22.5 Å². The first-order chi connectivity index (χ1) is 16.4. The smallest absolute Gasteiger partial charge is 0.228 e. The fraction of sp³-hybridized carbons (Fsp3) is 0.444. The largest absolute Gasteiger partial charge is 0.381 e. The van der Waals surface area contributed by atoms with Gasteiger partial charge in [0, 0.05) is 55.8 Å². The minimum atomic E-state index is -0.0292. The minimum Gasteiger partial charge on any atom is -0.381 e. The van der Waals surface area contributed by atoms with E-state index in [1.54, 1.807) is 24.3 Å². The predicted molar refractivity (Wildman–Crippen MR) is 132 cm³/mol. The molecule has 0 bridgehead atoms. The quantitative estimate of drug-likeness (QED) is 0.445. The first-order valence-corrected chi connectivity index (χ1v) is 12.1. The van der Waals surface area contributed by atoms with Crippen molar-refractivity contribution < 1.29 is 14.3 Å². The van der Waals surface area contributed by atoms with Crippen molar-refractivity contribution in [2.45, 2.75) is 39.3 Å². The molecule has 0 radical (unpaired) electrons. The summed E-state index contributed by atoms with van der Waals surface area (Å²) in [5.74, 6) is 0.185. The average molecular weight is 480 g/mol. The van der Waals surface area contributed by atoms with Crippen molar-refractivity contribution in [3.63, 3.8) is 0 Å². The standard InChI is InChI=1S/C27H30ClN3O3/c1-18-15-30(8-9-31(18)27(33)21-7-10-34-17-21)16-23-12-24(28)11-22(19(23)2)14-26(32)20-5-4-6-25(13-20)29-3/h4-6,11-13,18,21H,7-10,14-17H2,1-2H3/t18-,21?/m0/s1. The first kappa shape index (κ1) is 24.4. The number of ketones is 1. The fourth-order valence-electron chi connectivity index (χ4n) is 4.88. The predicted octanol–water partition coefficient (Wildman–Crippen LogP) is 4.69. The van der Waals surface area contributed by atoms with Crippen LogP contribution in [-0.4, -0.2) is 60.4 Å². The van der Waals surface area contributed by atoms with E-state index in [-0.39, 0.29) is 30.1 Å². The van der Waals surface area contributed by atoms with Crippen LogP contribution >= 0.6 is 11.6 Å². The minimum absolute atomic E-state index is 0.000231. The summed E-state index contributed by atoms with van der Waals surface area (Å²) in [7, 11) is 0. The third-order valence-electron chi connectivity index (χ3n) is 6.90. The molecule has 6 nitrogen and oxygen atoms in total. The Morgan fingerprint density at radius 1 is 1.21 bits per heavy atom. The number of piperazine rings is 1. The molecule has 2 atom stereocenters. The van der Waals surface area contributed by atoms with Gasteiger partial charge in [0.15, 0.2) is 11.5 Å². The zero-order valence-corrected chi connectivity index (χ0v) is 20.5. The number of nitrogens with zero attached hydrogens (tertiary/aromatic N) is 3. The molecule has 0 spiro atoms. The van der Waals surface area contributed by atoms with E-state index in [0.29, 0.717) is 36.0 Å². The van der Waals surface area contributed by atoms with Crippen LogP contribution in [0.15, 0.2) is 36.4 Å². The Kier molecular flexibility index (Phi) is 7.67. The highest BCUT2D eigenvalue weighted by Crippen LogP contribution is 2.26. The van der Waals surface area contributed by atoms with E-state index in [2.05, 4.69) is 16.7 Å². The highest BCUT2D eigenvalue weighted by molar-refractivity contribution is 6.30. The second kappa shape index (κ2) is 10.7. The van der Waals surface area contributed by atoms with E-state index < -0.39 is 0 Å². The van der Waals surface area contributed by atoms with Gasteiger partial charge in [-0.2, -0.15) is 0 Å². The van der Waals surface area contributed by atoms with E-state index in [9.17, 15) is 9.59 Å². The van der Waals surface area contributed by atoms with Crippen molar-refractivity contribution >= 4 is 29.0 Å². The summed E-state index contributed by atoms with van der Waals surface area (Å²) < 4.78 is 5.40. The summed E-state index contributed by atoms with van der Waals surface area (Å²) >= 11 is 6.45. The van der Waals surface area contributed by atoms with Crippen LogP contribution in [0.3, 0.4) is 0 Å². The van der Waals surface area contributed by atoms with E-state index in [0.717, 1.165) is 42.7 Å². The summed E-state index contributed by atoms with van der Waals surface area (Å²) in [6, 6.07) is 10.8. The topological polar surface area (TPSA) is 54.2 Å². The Morgan fingerprint density at radius 3 is 2.71 bits per heavy atom. The molecule has 2 aliphatic rings. The second-order valence-electron chi connectivity index (χ2n) is 9.29. The van der Waals surface area contributed by atoms with Gasteiger partial charge in [0.2, 0.25) is 5.91 Å². The molecule has 0 saturated carbocycles. The van der Waals surface area contributed by atoms with Crippen molar-refractivity contribution in [1.82, 2.24) is 9.80 Å². The molecule has 2 saturated heterocycles. The number of carbonyl (C=O) groups is 2. The number of Topliss-reactive ketones (excluding diaryl/α,β-unsaturated/α-hetero) is 1. The van der Waals surface area contributed by atoms with Crippen molar-refractivity contribution in [2.75, 3.05) is 32.8 Å². The maximum atomic E-state index is 12.9. The number of carbonyl (C=O) groups excluding carboxylic acids is 2. The zero-order chi connectivity index (χ0) is 24.2. The Labute approximate surface area is 206 Å². The Hall–Kier alpha value is -2.72. The molecule has 2 aromatic rings. The number of rotatable bonds is 6. The Balaban J connectivity index is 1.43. The van der Waals surface area contributed by atoms with Crippen LogP contribution < -0.4 is 0 Å². The van der Waals surface area contributed by atoms with Crippen LogP contribution in [0.25, 0.3) is 4.85 Å². The highest BCUT2D eigenvalue weighted by Gasteiger charge is 2.33. The first-order valence-electron chi connectivity index (χ1n) is 11.7. The van der Waals surface area contributed by atoms with Crippen molar-refractivity contribution in [1.29, 1.82) is 0 Å². The summed E-state index contributed by atoms with van der Waals surface area (Å²) in [5, 5.41) is 0.612. The second-order valence-corrected chi connectivity index (χ2v) is 9.72. The fourth-order valence-corrected chi connectivity index (χ4v) is 5.14. The molecule has 0 aliphatic carbocycles. The van der Waals surface area contributed by atoms with Gasteiger partial charge in [0.05, 0.1) is 19.1 Å². The third kappa shape index (κ3) is 5.50. The molecule has 2 heterocycles. The summed E-state index contributed by atoms with van der Waals surface area (Å²) in [5.41, 5.74) is 4.07. The molecule has 1 amide bonds. The van der Waals surface area contributed by atoms with E-state index >= 15 is 0 Å². The molecule has 34 heavy (non-hydrogen) atoms.